The molecule has 0 amide bonds. The lowest BCUT2D eigenvalue weighted by molar-refractivity contribution is -0.165. The molecule has 7 heteroatoms. The van der Waals surface area contributed by atoms with Gasteiger partial charge in [-0.3, -0.25) is 0 Å². The summed E-state index contributed by atoms with van der Waals surface area (Å²) in [5.41, 5.74) is 0.933. The van der Waals surface area contributed by atoms with Crippen molar-refractivity contribution in [1.29, 1.82) is 0 Å². The highest BCUT2D eigenvalue weighted by atomic mass is 28.4. The molecule has 0 saturated carbocycles. The molecular weight excluding hydrogens is 436 g/mol. The molecule has 32 heavy (non-hydrogen) atoms. The second kappa shape index (κ2) is 9.83. The second-order valence-corrected chi connectivity index (χ2v) is 21.2. The highest BCUT2D eigenvalue weighted by Crippen LogP contribution is 2.42. The smallest absolute Gasteiger partial charge is 0.350 e. The number of hydrogen-bond acceptors (Lipinski definition) is 5. The van der Waals surface area contributed by atoms with Crippen LogP contribution in [0.5, 0.6) is 0 Å². The first-order valence-corrected chi connectivity index (χ1v) is 17.3. The van der Waals surface area contributed by atoms with Crippen LogP contribution in [0.3, 0.4) is 0 Å². The zero-order valence-electron chi connectivity index (χ0n) is 21.5. The highest BCUT2D eigenvalue weighted by Gasteiger charge is 2.49. The summed E-state index contributed by atoms with van der Waals surface area (Å²) in [6.07, 6.45) is 1.66. The lowest BCUT2D eigenvalue weighted by atomic mass is 10.1. The van der Waals surface area contributed by atoms with Crippen molar-refractivity contribution in [3.05, 3.63) is 48.2 Å². The maximum atomic E-state index is 13.1. The van der Waals surface area contributed by atoms with Crippen LogP contribution in [0.1, 0.15) is 47.1 Å². The van der Waals surface area contributed by atoms with E-state index >= 15 is 0 Å². The third-order valence-electron chi connectivity index (χ3n) is 7.05. The Morgan fingerprint density at radius 2 is 1.44 bits per heavy atom. The van der Waals surface area contributed by atoms with E-state index in [-0.39, 0.29) is 22.8 Å². The summed E-state index contributed by atoms with van der Waals surface area (Å²) in [4.78, 5) is 13.1. The van der Waals surface area contributed by atoms with Crippen molar-refractivity contribution in [2.24, 2.45) is 0 Å². The number of rotatable bonds is 7. The van der Waals surface area contributed by atoms with Crippen LogP contribution >= 0.6 is 0 Å². The molecule has 1 aromatic carbocycles. The maximum absolute atomic E-state index is 13.1. The normalized spacial score (nSPS) is 22.4. The summed E-state index contributed by atoms with van der Waals surface area (Å²) in [7, 11) is -4.33. The fraction of sp³-hybridized carbons (Fsp3) is 0.640. The largest absolute Gasteiger partial charge is 0.484 e. The van der Waals surface area contributed by atoms with Crippen LogP contribution in [0, 0.1) is 0 Å². The predicted molar refractivity (Wildman–Crippen MR) is 134 cm³/mol. The molecule has 3 atom stereocenters. The van der Waals surface area contributed by atoms with Crippen LogP contribution in [0.15, 0.2) is 42.7 Å². The Bertz CT molecular complexity index is 791. The van der Waals surface area contributed by atoms with Crippen molar-refractivity contribution < 1.29 is 23.1 Å². The summed E-state index contributed by atoms with van der Waals surface area (Å²) in [6, 6.07) is 9.65. The first-order valence-electron chi connectivity index (χ1n) is 11.4. The molecule has 1 aromatic rings. The average molecular weight is 479 g/mol. The van der Waals surface area contributed by atoms with Crippen LogP contribution < -0.4 is 0 Å². The zero-order valence-corrected chi connectivity index (χ0v) is 23.5. The molecule has 0 bridgehead atoms. The SMILES string of the molecule is CC(C)(C)[Si](C)(C)OC1C=COC(C(=O)OCc2ccccc2)C1O[Si](C)(C)C(C)(C)C. The third kappa shape index (κ3) is 6.56. The minimum atomic E-state index is -2.22. The fourth-order valence-electron chi connectivity index (χ4n) is 2.84. The average Bonchev–Trinajstić information content (AvgIpc) is 2.66. The van der Waals surface area contributed by atoms with Crippen molar-refractivity contribution in [2.45, 2.75) is 103 Å². The van der Waals surface area contributed by atoms with Crippen molar-refractivity contribution in [3.8, 4) is 0 Å². The first kappa shape index (κ1) is 26.8. The zero-order chi connectivity index (χ0) is 24.4. The van der Waals surface area contributed by atoms with Gasteiger partial charge >= 0.3 is 5.97 Å². The molecule has 0 N–H and O–H groups in total. The van der Waals surface area contributed by atoms with Gasteiger partial charge in [0, 0.05) is 0 Å². The number of hydrogen-bond donors (Lipinski definition) is 0. The van der Waals surface area contributed by atoms with Gasteiger partial charge in [0.05, 0.1) is 12.4 Å². The molecular formula is C25H42O5Si2. The minimum absolute atomic E-state index is 0.0197. The minimum Gasteiger partial charge on any atom is -0.484 e. The number of benzene rings is 1. The van der Waals surface area contributed by atoms with E-state index in [9.17, 15) is 4.79 Å². The van der Waals surface area contributed by atoms with E-state index in [1.165, 1.54) is 0 Å². The van der Waals surface area contributed by atoms with Gasteiger partial charge in [-0.2, -0.15) is 0 Å². The topological polar surface area (TPSA) is 54.0 Å². The Labute approximate surface area is 196 Å². The Balaban J connectivity index is 2.30. The van der Waals surface area contributed by atoms with E-state index in [4.69, 9.17) is 18.3 Å². The summed E-state index contributed by atoms with van der Waals surface area (Å²) >= 11 is 0. The molecule has 1 heterocycles. The Hall–Kier alpha value is -1.42. The van der Waals surface area contributed by atoms with Gasteiger partial charge in [-0.05, 0) is 47.9 Å². The molecule has 180 valence electrons. The van der Waals surface area contributed by atoms with E-state index in [1.54, 1.807) is 6.26 Å². The summed E-state index contributed by atoms with van der Waals surface area (Å²) in [5.74, 6) is -0.425. The quantitative estimate of drug-likeness (QED) is 0.334. The number of esters is 1. The van der Waals surface area contributed by atoms with Crippen molar-refractivity contribution in [1.82, 2.24) is 0 Å². The molecule has 3 unspecified atom stereocenters. The van der Waals surface area contributed by atoms with Crippen LogP contribution in [-0.4, -0.2) is 40.9 Å². The van der Waals surface area contributed by atoms with Gasteiger partial charge in [0.15, 0.2) is 16.6 Å². The second-order valence-electron chi connectivity index (χ2n) is 11.7. The number of carbonyl (C=O) groups excluding carboxylic acids is 1. The van der Waals surface area contributed by atoms with Crippen LogP contribution in [0.4, 0.5) is 0 Å². The molecule has 0 spiro atoms. The molecule has 5 nitrogen and oxygen atoms in total. The lowest BCUT2D eigenvalue weighted by Crippen LogP contribution is -2.58. The van der Waals surface area contributed by atoms with E-state index in [1.807, 2.05) is 36.4 Å². The molecule has 0 radical (unpaired) electrons. The van der Waals surface area contributed by atoms with Gasteiger partial charge in [0.1, 0.15) is 12.7 Å². The molecule has 1 aliphatic heterocycles. The Morgan fingerprint density at radius 1 is 0.906 bits per heavy atom. The molecule has 1 aliphatic rings. The van der Waals surface area contributed by atoms with Gasteiger partial charge in [-0.1, -0.05) is 71.9 Å². The van der Waals surface area contributed by atoms with Gasteiger partial charge in [-0.25, -0.2) is 4.79 Å². The monoisotopic (exact) mass is 478 g/mol. The highest BCUT2D eigenvalue weighted by molar-refractivity contribution is 6.74. The number of ether oxygens (including phenoxy) is 2. The molecule has 0 fully saturated rings. The Morgan fingerprint density at radius 3 is 1.97 bits per heavy atom. The molecule has 0 aliphatic carbocycles. The third-order valence-corrected chi connectivity index (χ3v) is 16.0. The van der Waals surface area contributed by atoms with Gasteiger partial charge in [0.2, 0.25) is 6.10 Å². The summed E-state index contributed by atoms with van der Waals surface area (Å²) in [5, 5.41) is 0.0121. The lowest BCUT2D eigenvalue weighted by Gasteiger charge is -2.46. The van der Waals surface area contributed by atoms with Crippen molar-refractivity contribution >= 4 is 22.6 Å². The number of carbonyl (C=O) groups is 1. The van der Waals surface area contributed by atoms with E-state index < -0.39 is 34.8 Å². The Kier molecular flexibility index (Phi) is 8.24. The van der Waals surface area contributed by atoms with Gasteiger partial charge in [0.25, 0.3) is 0 Å². The fourth-order valence-corrected chi connectivity index (χ4v) is 5.37. The van der Waals surface area contributed by atoms with Crippen LogP contribution in [0.25, 0.3) is 0 Å². The molecule has 0 saturated heterocycles. The van der Waals surface area contributed by atoms with Crippen LogP contribution in [-0.2, 0) is 29.7 Å². The standard InChI is InChI=1S/C25H42O5Si2/c1-24(2,3)31(7,8)29-20-16-17-27-22(21(20)30-32(9,10)25(4,5)6)23(26)28-18-19-14-12-11-13-15-19/h11-17,20-22H,18H2,1-10H3. The first-order chi connectivity index (χ1) is 14.6. The van der Waals surface area contributed by atoms with E-state index in [2.05, 4.69) is 67.7 Å². The van der Waals surface area contributed by atoms with E-state index in [0.29, 0.717) is 0 Å². The molecule has 2 rings (SSSR count). The summed E-state index contributed by atoms with van der Waals surface area (Å²) in [6.45, 7) is 22.2. The summed E-state index contributed by atoms with van der Waals surface area (Å²) < 4.78 is 24.9. The van der Waals surface area contributed by atoms with Crippen molar-refractivity contribution in [2.75, 3.05) is 0 Å². The van der Waals surface area contributed by atoms with Gasteiger partial charge in [-0.15, -0.1) is 0 Å². The van der Waals surface area contributed by atoms with Gasteiger partial charge < -0.3 is 18.3 Å². The van der Waals surface area contributed by atoms with Crippen molar-refractivity contribution in [3.63, 3.8) is 0 Å². The maximum Gasteiger partial charge on any atom is 0.350 e. The predicted octanol–water partition coefficient (Wildman–Crippen LogP) is 6.42. The molecule has 0 aromatic heterocycles. The van der Waals surface area contributed by atoms with Crippen LogP contribution in [0.2, 0.25) is 36.3 Å². The van der Waals surface area contributed by atoms with E-state index in [0.717, 1.165) is 5.56 Å².